The van der Waals surface area contributed by atoms with Gasteiger partial charge in [0.1, 0.15) is 0 Å². The van der Waals surface area contributed by atoms with Crippen LogP contribution in [0.1, 0.15) is 31.1 Å². The van der Waals surface area contributed by atoms with E-state index in [1.807, 2.05) is 19.1 Å². The number of hydrogen-bond donors (Lipinski definition) is 1. The van der Waals surface area contributed by atoms with Crippen molar-refractivity contribution in [2.45, 2.75) is 44.8 Å². The van der Waals surface area contributed by atoms with Gasteiger partial charge in [0, 0.05) is 36.2 Å². The lowest BCUT2D eigenvalue weighted by atomic mass is 9.57. The summed E-state index contributed by atoms with van der Waals surface area (Å²) in [5.41, 5.74) is 0.0665. The Balaban J connectivity index is 1.60. The molecule has 2 fully saturated rings. The largest absolute Gasteiger partial charge is 0.381 e. The van der Waals surface area contributed by atoms with Gasteiger partial charge in [-0.3, -0.25) is 4.79 Å². The van der Waals surface area contributed by atoms with Crippen molar-refractivity contribution in [3.05, 3.63) is 21.3 Å². The Bertz CT molecular complexity index is 527. The molecule has 1 spiro atoms. The second-order valence-electron chi connectivity index (χ2n) is 6.03. The first kappa shape index (κ1) is 16.2. The monoisotopic (exact) mass is 343 g/mol. The maximum atomic E-state index is 12.3. The smallest absolute Gasteiger partial charge is 0.225 e. The Morgan fingerprint density at radius 3 is 2.91 bits per heavy atom. The molecule has 1 saturated carbocycles. The molecule has 4 nitrogen and oxygen atoms in total. The molecule has 1 aliphatic carbocycles. The average Bonchev–Trinajstić information content (AvgIpc) is 2.92. The van der Waals surface area contributed by atoms with Crippen molar-refractivity contribution >= 4 is 28.8 Å². The van der Waals surface area contributed by atoms with Gasteiger partial charge in [-0.15, -0.1) is 11.3 Å². The highest BCUT2D eigenvalue weighted by atomic mass is 35.5. The number of rotatable bonds is 5. The van der Waals surface area contributed by atoms with Crippen LogP contribution >= 0.6 is 22.9 Å². The number of hydrogen-bond acceptors (Lipinski definition) is 4. The summed E-state index contributed by atoms with van der Waals surface area (Å²) in [5, 5.41) is 3.21. The summed E-state index contributed by atoms with van der Waals surface area (Å²) in [6.07, 6.45) is 3.49. The second-order valence-corrected chi connectivity index (χ2v) is 7.83. The van der Waals surface area contributed by atoms with Gasteiger partial charge in [0.25, 0.3) is 0 Å². The first-order chi connectivity index (χ1) is 10.6. The van der Waals surface area contributed by atoms with Crippen LogP contribution in [0.2, 0.25) is 4.34 Å². The first-order valence-corrected chi connectivity index (χ1v) is 9.06. The molecular formula is C16H22ClNO3S. The molecule has 0 aromatic carbocycles. The van der Waals surface area contributed by atoms with Gasteiger partial charge < -0.3 is 14.8 Å². The fraction of sp³-hybridized carbons (Fsp3) is 0.688. The van der Waals surface area contributed by atoms with E-state index in [0.29, 0.717) is 6.42 Å². The summed E-state index contributed by atoms with van der Waals surface area (Å²) in [7, 11) is 0. The van der Waals surface area contributed by atoms with Gasteiger partial charge in [0.2, 0.25) is 5.91 Å². The zero-order chi connectivity index (χ0) is 15.6. The van der Waals surface area contributed by atoms with Crippen LogP contribution in [0.5, 0.6) is 0 Å². The van der Waals surface area contributed by atoms with E-state index in [9.17, 15) is 4.79 Å². The highest BCUT2D eigenvalue weighted by molar-refractivity contribution is 7.16. The lowest BCUT2D eigenvalue weighted by Crippen LogP contribution is -2.66. The molecule has 1 aliphatic heterocycles. The van der Waals surface area contributed by atoms with Gasteiger partial charge in [0.05, 0.1) is 16.9 Å². The molecule has 1 aromatic heterocycles. The Kier molecular flexibility index (Phi) is 5.07. The van der Waals surface area contributed by atoms with Crippen molar-refractivity contribution in [1.29, 1.82) is 0 Å². The molecule has 0 unspecified atom stereocenters. The summed E-state index contributed by atoms with van der Waals surface area (Å²) in [4.78, 5) is 13.3. The van der Waals surface area contributed by atoms with Gasteiger partial charge in [-0.05, 0) is 38.3 Å². The molecule has 6 heteroatoms. The Morgan fingerprint density at radius 2 is 2.27 bits per heavy atom. The molecule has 0 radical (unpaired) electrons. The third-order valence-electron chi connectivity index (χ3n) is 4.88. The number of amides is 1. The lowest BCUT2D eigenvalue weighted by molar-refractivity contribution is -0.175. The summed E-state index contributed by atoms with van der Waals surface area (Å²) in [5.74, 6) is 0.0735. The maximum Gasteiger partial charge on any atom is 0.225 e. The van der Waals surface area contributed by atoms with Crippen molar-refractivity contribution in [1.82, 2.24) is 5.32 Å². The van der Waals surface area contributed by atoms with E-state index in [-0.39, 0.29) is 23.5 Å². The molecule has 2 aliphatic rings. The molecule has 1 saturated heterocycles. The number of nitrogens with one attached hydrogen (secondary N) is 1. The van der Waals surface area contributed by atoms with Crippen LogP contribution in [0.15, 0.2) is 12.1 Å². The molecule has 122 valence electrons. The van der Waals surface area contributed by atoms with E-state index < -0.39 is 0 Å². The van der Waals surface area contributed by atoms with Crippen LogP contribution in [0.25, 0.3) is 0 Å². The quantitative estimate of drug-likeness (QED) is 0.894. The number of carbonyl (C=O) groups excluding carboxylic acids is 1. The van der Waals surface area contributed by atoms with Crippen molar-refractivity contribution in [2.75, 3.05) is 19.8 Å². The SMILES string of the molecule is CCO[C@@H]1C[C@@H](NC(=O)Cc2ccc(Cl)s2)C12CCOCC2. The average molecular weight is 344 g/mol. The van der Waals surface area contributed by atoms with E-state index >= 15 is 0 Å². The number of thiophene rings is 1. The lowest BCUT2D eigenvalue weighted by Gasteiger charge is -2.57. The molecule has 22 heavy (non-hydrogen) atoms. The molecule has 1 N–H and O–H groups in total. The van der Waals surface area contributed by atoms with Gasteiger partial charge in [-0.2, -0.15) is 0 Å². The minimum absolute atomic E-state index is 0.0665. The van der Waals surface area contributed by atoms with Crippen molar-refractivity contribution in [2.24, 2.45) is 5.41 Å². The Hall–Kier alpha value is -0.620. The summed E-state index contributed by atoms with van der Waals surface area (Å²) < 4.78 is 12.1. The molecule has 0 bridgehead atoms. The number of carbonyl (C=O) groups is 1. The zero-order valence-corrected chi connectivity index (χ0v) is 14.3. The summed E-state index contributed by atoms with van der Waals surface area (Å²) in [6, 6.07) is 3.96. The van der Waals surface area contributed by atoms with Crippen molar-refractivity contribution < 1.29 is 14.3 Å². The van der Waals surface area contributed by atoms with E-state index in [1.54, 1.807) is 0 Å². The van der Waals surface area contributed by atoms with Gasteiger partial charge in [-0.1, -0.05) is 11.6 Å². The predicted molar refractivity (Wildman–Crippen MR) is 87.5 cm³/mol. The molecular weight excluding hydrogens is 322 g/mol. The fourth-order valence-corrected chi connectivity index (χ4v) is 4.74. The minimum Gasteiger partial charge on any atom is -0.381 e. The highest BCUT2D eigenvalue weighted by Gasteiger charge is 2.56. The maximum absolute atomic E-state index is 12.3. The minimum atomic E-state index is 0.0665. The summed E-state index contributed by atoms with van der Waals surface area (Å²) in [6.45, 7) is 4.27. The fourth-order valence-electron chi connectivity index (χ4n) is 3.66. The number of halogens is 1. The third kappa shape index (κ3) is 3.18. The highest BCUT2D eigenvalue weighted by Crippen LogP contribution is 2.50. The molecule has 3 rings (SSSR count). The topological polar surface area (TPSA) is 47.6 Å². The van der Waals surface area contributed by atoms with Gasteiger partial charge in [0.15, 0.2) is 0 Å². The van der Waals surface area contributed by atoms with Gasteiger partial charge in [-0.25, -0.2) is 0 Å². The molecule has 2 heterocycles. The van der Waals surface area contributed by atoms with Crippen LogP contribution in [0.4, 0.5) is 0 Å². The third-order valence-corrected chi connectivity index (χ3v) is 6.11. The second kappa shape index (κ2) is 6.87. The standard InChI is InChI=1S/C16H22ClNO3S/c1-2-21-13-10-12(16(13)5-7-20-8-6-16)18-15(19)9-11-3-4-14(17)22-11/h3-4,12-13H,2,5-10H2,1H3,(H,18,19)/t12-,13-/m1/s1. The van der Waals surface area contributed by atoms with Gasteiger partial charge >= 0.3 is 0 Å². The molecule has 2 atom stereocenters. The summed E-state index contributed by atoms with van der Waals surface area (Å²) >= 11 is 7.38. The van der Waals surface area contributed by atoms with E-state index in [2.05, 4.69) is 5.32 Å². The molecule has 1 amide bonds. The predicted octanol–water partition coefficient (Wildman–Crippen LogP) is 3.03. The van der Waals surface area contributed by atoms with Crippen LogP contribution in [-0.2, 0) is 20.7 Å². The zero-order valence-electron chi connectivity index (χ0n) is 12.8. The van der Waals surface area contributed by atoms with E-state index in [0.717, 1.165) is 48.3 Å². The van der Waals surface area contributed by atoms with Crippen LogP contribution in [0.3, 0.4) is 0 Å². The van der Waals surface area contributed by atoms with Crippen LogP contribution in [0, 0.1) is 5.41 Å². The van der Waals surface area contributed by atoms with E-state index in [1.165, 1.54) is 11.3 Å². The van der Waals surface area contributed by atoms with Crippen molar-refractivity contribution in [3.8, 4) is 0 Å². The Labute approximate surface area is 140 Å². The number of ether oxygens (including phenoxy) is 2. The van der Waals surface area contributed by atoms with Crippen LogP contribution < -0.4 is 5.32 Å². The van der Waals surface area contributed by atoms with Crippen molar-refractivity contribution in [3.63, 3.8) is 0 Å². The molecule has 1 aromatic rings. The Morgan fingerprint density at radius 1 is 1.50 bits per heavy atom. The van der Waals surface area contributed by atoms with Crippen LogP contribution in [-0.4, -0.2) is 37.9 Å². The van der Waals surface area contributed by atoms with E-state index in [4.69, 9.17) is 21.1 Å². The first-order valence-electron chi connectivity index (χ1n) is 7.87. The normalized spacial score (nSPS) is 26.6.